The highest BCUT2D eigenvalue weighted by atomic mass is 127. The number of anilines is 1. The van der Waals surface area contributed by atoms with Crippen LogP contribution in [-0.2, 0) is 16.0 Å². The number of ether oxygens (including phenoxy) is 1. The van der Waals surface area contributed by atoms with E-state index >= 15 is 0 Å². The molecule has 1 aromatic carbocycles. The van der Waals surface area contributed by atoms with E-state index in [0.717, 1.165) is 83.4 Å². The summed E-state index contributed by atoms with van der Waals surface area (Å²) < 4.78 is 5.49. The molecule has 1 aromatic rings. The van der Waals surface area contributed by atoms with Gasteiger partial charge in [0.15, 0.2) is 5.96 Å². The zero-order valence-corrected chi connectivity index (χ0v) is 20.2. The Morgan fingerprint density at radius 3 is 2.80 bits per heavy atom. The number of nitrogens with one attached hydrogen (secondary N) is 1. The molecule has 3 aliphatic heterocycles. The second-order valence-electron chi connectivity index (χ2n) is 7.98. The number of halogens is 1. The summed E-state index contributed by atoms with van der Waals surface area (Å²) in [5.74, 6) is 0.943. The van der Waals surface area contributed by atoms with Crippen LogP contribution in [0.15, 0.2) is 29.3 Å². The van der Waals surface area contributed by atoms with Gasteiger partial charge in [-0.25, -0.2) is 4.99 Å². The van der Waals surface area contributed by atoms with Gasteiger partial charge in [0.2, 0.25) is 5.91 Å². The first-order valence-electron chi connectivity index (χ1n) is 11.0. The quantitative estimate of drug-likeness (QED) is 0.369. The van der Waals surface area contributed by atoms with Crippen LogP contribution in [0.5, 0.6) is 0 Å². The number of guanidine groups is 1. The van der Waals surface area contributed by atoms with Gasteiger partial charge in [0, 0.05) is 51.0 Å². The van der Waals surface area contributed by atoms with Crippen LogP contribution in [0.25, 0.3) is 0 Å². The molecule has 0 aliphatic carbocycles. The fraction of sp³-hybridized carbons (Fsp3) is 0.636. The Morgan fingerprint density at radius 1 is 1.20 bits per heavy atom. The number of nitrogens with zero attached hydrogens (tertiary/aromatic N) is 4. The van der Waals surface area contributed by atoms with E-state index in [1.54, 1.807) is 0 Å². The van der Waals surface area contributed by atoms with Gasteiger partial charge in [-0.1, -0.05) is 18.2 Å². The van der Waals surface area contributed by atoms with Crippen molar-refractivity contribution >= 4 is 41.5 Å². The SMILES string of the molecule is CCNC(=NCC(=O)N1CCCc2ccccc21)N1CCC(N2CCOCC2)C1.I. The zero-order valence-electron chi connectivity index (χ0n) is 17.9. The minimum absolute atomic E-state index is 0. The monoisotopic (exact) mass is 527 g/mol. The molecule has 4 rings (SSSR count). The molecule has 7 nitrogen and oxygen atoms in total. The second kappa shape index (κ2) is 11.3. The maximum absolute atomic E-state index is 12.9. The lowest BCUT2D eigenvalue weighted by atomic mass is 10.0. The standard InChI is InChI=1S/C22H33N5O2.HI/c1-2-23-22(26-11-9-19(17-26)25-12-14-29-15-13-25)24-16-21(28)27-10-5-7-18-6-3-4-8-20(18)27;/h3-4,6,8,19H,2,5,7,9-17H2,1H3,(H,23,24);1H. The first kappa shape index (κ1) is 23.3. The minimum atomic E-state index is 0. The Kier molecular flexibility index (Phi) is 8.76. The number of morpholine rings is 1. The van der Waals surface area contributed by atoms with Crippen molar-refractivity contribution in [1.82, 2.24) is 15.1 Å². The van der Waals surface area contributed by atoms with Crippen molar-refractivity contribution in [1.29, 1.82) is 0 Å². The number of benzene rings is 1. The van der Waals surface area contributed by atoms with Gasteiger partial charge in [-0.3, -0.25) is 9.69 Å². The van der Waals surface area contributed by atoms with Crippen LogP contribution in [0, 0.1) is 0 Å². The van der Waals surface area contributed by atoms with Crippen molar-refractivity contribution < 1.29 is 9.53 Å². The van der Waals surface area contributed by atoms with Gasteiger partial charge in [-0.2, -0.15) is 0 Å². The third kappa shape index (κ3) is 5.45. The van der Waals surface area contributed by atoms with Crippen molar-refractivity contribution in [2.45, 2.75) is 32.2 Å². The lowest BCUT2D eigenvalue weighted by Gasteiger charge is -2.32. The van der Waals surface area contributed by atoms with Crippen molar-refractivity contribution in [2.24, 2.45) is 4.99 Å². The van der Waals surface area contributed by atoms with Crippen molar-refractivity contribution in [3.8, 4) is 0 Å². The Labute approximate surface area is 196 Å². The highest BCUT2D eigenvalue weighted by molar-refractivity contribution is 14.0. The molecule has 1 unspecified atom stereocenters. The summed E-state index contributed by atoms with van der Waals surface area (Å²) in [6.07, 6.45) is 3.19. The van der Waals surface area contributed by atoms with E-state index in [-0.39, 0.29) is 36.4 Å². The van der Waals surface area contributed by atoms with Crippen LogP contribution in [0.2, 0.25) is 0 Å². The average molecular weight is 527 g/mol. The second-order valence-corrected chi connectivity index (χ2v) is 7.98. The van der Waals surface area contributed by atoms with Crippen LogP contribution >= 0.6 is 24.0 Å². The molecule has 166 valence electrons. The number of carbonyl (C=O) groups is 1. The largest absolute Gasteiger partial charge is 0.379 e. The minimum Gasteiger partial charge on any atom is -0.379 e. The molecule has 30 heavy (non-hydrogen) atoms. The number of carbonyl (C=O) groups excluding carboxylic acids is 1. The average Bonchev–Trinajstić information content (AvgIpc) is 3.27. The van der Waals surface area contributed by atoms with E-state index in [1.807, 2.05) is 17.0 Å². The van der Waals surface area contributed by atoms with Gasteiger partial charge < -0.3 is 19.9 Å². The number of amides is 1. The molecule has 0 saturated carbocycles. The van der Waals surface area contributed by atoms with Crippen molar-refractivity contribution in [3.63, 3.8) is 0 Å². The Balaban J connectivity index is 0.00000256. The molecule has 8 heteroatoms. The van der Waals surface area contributed by atoms with E-state index in [0.29, 0.717) is 6.04 Å². The van der Waals surface area contributed by atoms with Gasteiger partial charge in [0.1, 0.15) is 6.54 Å². The maximum atomic E-state index is 12.9. The molecular weight excluding hydrogens is 493 g/mol. The molecule has 1 N–H and O–H groups in total. The van der Waals surface area contributed by atoms with Gasteiger partial charge in [-0.05, 0) is 37.8 Å². The summed E-state index contributed by atoms with van der Waals surface area (Å²) in [5, 5.41) is 3.39. The van der Waals surface area contributed by atoms with E-state index in [2.05, 4.69) is 34.2 Å². The molecule has 1 amide bonds. The Bertz CT molecular complexity index is 738. The summed E-state index contributed by atoms with van der Waals surface area (Å²) in [4.78, 5) is 24.4. The van der Waals surface area contributed by atoms with Crippen LogP contribution in [0.3, 0.4) is 0 Å². The number of para-hydroxylation sites is 1. The smallest absolute Gasteiger partial charge is 0.248 e. The maximum Gasteiger partial charge on any atom is 0.248 e. The molecule has 1 atom stereocenters. The van der Waals surface area contributed by atoms with E-state index in [4.69, 9.17) is 9.73 Å². The number of hydrogen-bond acceptors (Lipinski definition) is 4. The fourth-order valence-electron chi connectivity index (χ4n) is 4.62. The van der Waals surface area contributed by atoms with E-state index < -0.39 is 0 Å². The first-order valence-corrected chi connectivity index (χ1v) is 11.0. The predicted octanol–water partition coefficient (Wildman–Crippen LogP) is 1.96. The summed E-state index contributed by atoms with van der Waals surface area (Å²) in [5.41, 5.74) is 2.31. The third-order valence-electron chi connectivity index (χ3n) is 6.14. The molecule has 0 radical (unpaired) electrons. The highest BCUT2D eigenvalue weighted by Crippen LogP contribution is 2.26. The predicted molar refractivity (Wildman–Crippen MR) is 131 cm³/mol. The van der Waals surface area contributed by atoms with Gasteiger partial charge in [-0.15, -0.1) is 24.0 Å². The molecular formula is C22H34IN5O2. The number of aryl methyl sites for hydroxylation is 1. The number of likely N-dealkylation sites (tertiary alicyclic amines) is 1. The number of hydrogen-bond donors (Lipinski definition) is 1. The summed E-state index contributed by atoms with van der Waals surface area (Å²) in [6.45, 7) is 9.48. The molecule has 3 aliphatic rings. The van der Waals surface area contributed by atoms with Crippen LogP contribution in [0.4, 0.5) is 5.69 Å². The molecule has 2 fully saturated rings. The number of fused-ring (bicyclic) bond motifs is 1. The van der Waals surface area contributed by atoms with E-state index in [9.17, 15) is 4.79 Å². The Hall–Kier alpha value is -1.39. The number of rotatable bonds is 4. The molecule has 0 aromatic heterocycles. The first-order chi connectivity index (χ1) is 14.3. The third-order valence-corrected chi connectivity index (χ3v) is 6.14. The van der Waals surface area contributed by atoms with Gasteiger partial charge in [0.25, 0.3) is 0 Å². The topological polar surface area (TPSA) is 60.4 Å². The summed E-state index contributed by atoms with van der Waals surface area (Å²) in [7, 11) is 0. The molecule has 0 bridgehead atoms. The van der Waals surface area contributed by atoms with Crippen molar-refractivity contribution in [2.75, 3.05) is 63.9 Å². The normalized spacial score (nSPS) is 22.4. The molecule has 2 saturated heterocycles. The van der Waals surface area contributed by atoms with Crippen LogP contribution in [-0.4, -0.2) is 86.7 Å². The zero-order chi connectivity index (χ0) is 20.1. The van der Waals surface area contributed by atoms with Crippen LogP contribution < -0.4 is 10.2 Å². The fourth-order valence-corrected chi connectivity index (χ4v) is 4.62. The summed E-state index contributed by atoms with van der Waals surface area (Å²) >= 11 is 0. The van der Waals surface area contributed by atoms with Gasteiger partial charge in [0.05, 0.1) is 13.2 Å². The van der Waals surface area contributed by atoms with Crippen molar-refractivity contribution in [3.05, 3.63) is 29.8 Å². The summed E-state index contributed by atoms with van der Waals surface area (Å²) in [6, 6.07) is 8.78. The lowest BCUT2D eigenvalue weighted by Crippen LogP contribution is -2.47. The van der Waals surface area contributed by atoms with Crippen LogP contribution in [0.1, 0.15) is 25.3 Å². The van der Waals surface area contributed by atoms with Gasteiger partial charge >= 0.3 is 0 Å². The molecule has 3 heterocycles. The van der Waals surface area contributed by atoms with E-state index in [1.165, 1.54) is 5.56 Å². The Morgan fingerprint density at radius 2 is 2.00 bits per heavy atom. The molecule has 0 spiro atoms. The lowest BCUT2D eigenvalue weighted by molar-refractivity contribution is -0.117. The highest BCUT2D eigenvalue weighted by Gasteiger charge is 2.30. The number of aliphatic imine (C=N–C) groups is 1.